The van der Waals surface area contributed by atoms with Crippen LogP contribution in [0.25, 0.3) is 0 Å². The molecule has 3 aliphatic rings. The molecule has 1 aromatic rings. The SMILES string of the molecule is O=C(CN1C(=O)NC2(CCCC2)C1=O)Nc1cccc(NC(=O)C2CC2)c1. The Labute approximate surface area is 156 Å². The molecule has 1 heterocycles. The number of imide groups is 1. The normalized spacial score (nSPS) is 20.7. The third kappa shape index (κ3) is 3.51. The number of rotatable bonds is 5. The van der Waals surface area contributed by atoms with E-state index >= 15 is 0 Å². The lowest BCUT2D eigenvalue weighted by atomic mass is 9.98. The summed E-state index contributed by atoms with van der Waals surface area (Å²) < 4.78 is 0. The lowest BCUT2D eigenvalue weighted by Crippen LogP contribution is -2.44. The molecule has 0 radical (unpaired) electrons. The van der Waals surface area contributed by atoms with E-state index in [0.717, 1.165) is 30.6 Å². The number of carbonyl (C=O) groups is 4. The Morgan fingerprint density at radius 3 is 2.44 bits per heavy atom. The Hall–Kier alpha value is -2.90. The van der Waals surface area contributed by atoms with Gasteiger partial charge in [0.2, 0.25) is 11.8 Å². The van der Waals surface area contributed by atoms with Gasteiger partial charge in [0.1, 0.15) is 12.1 Å². The molecule has 0 bridgehead atoms. The first-order chi connectivity index (χ1) is 13.0. The summed E-state index contributed by atoms with van der Waals surface area (Å²) in [6, 6.07) is 6.30. The molecule has 8 nitrogen and oxygen atoms in total. The molecule has 0 aromatic heterocycles. The van der Waals surface area contributed by atoms with Crippen LogP contribution in [0, 0.1) is 5.92 Å². The summed E-state index contributed by atoms with van der Waals surface area (Å²) >= 11 is 0. The first kappa shape index (κ1) is 17.5. The average Bonchev–Trinajstić information content (AvgIpc) is 3.34. The van der Waals surface area contributed by atoms with E-state index in [2.05, 4.69) is 16.0 Å². The molecule has 0 unspecified atom stereocenters. The second kappa shape index (κ2) is 6.68. The molecule has 1 spiro atoms. The highest BCUT2D eigenvalue weighted by Gasteiger charge is 2.52. The minimum atomic E-state index is -0.815. The molecular formula is C19H22N4O4. The maximum Gasteiger partial charge on any atom is 0.325 e. The summed E-state index contributed by atoms with van der Waals surface area (Å²) in [4.78, 5) is 49.9. The summed E-state index contributed by atoms with van der Waals surface area (Å²) in [5.41, 5.74) is 0.283. The summed E-state index contributed by atoms with van der Waals surface area (Å²) in [6.45, 7) is -0.328. The predicted molar refractivity (Wildman–Crippen MR) is 97.9 cm³/mol. The van der Waals surface area contributed by atoms with Gasteiger partial charge < -0.3 is 16.0 Å². The van der Waals surface area contributed by atoms with E-state index < -0.39 is 17.5 Å². The number of nitrogens with one attached hydrogen (secondary N) is 3. The fourth-order valence-corrected chi connectivity index (χ4v) is 3.75. The smallest absolute Gasteiger partial charge is 0.325 e. The van der Waals surface area contributed by atoms with Crippen molar-refractivity contribution in [1.29, 1.82) is 0 Å². The van der Waals surface area contributed by atoms with Crippen molar-refractivity contribution < 1.29 is 19.2 Å². The molecule has 5 amide bonds. The molecule has 3 N–H and O–H groups in total. The van der Waals surface area contributed by atoms with E-state index in [1.165, 1.54) is 0 Å². The lowest BCUT2D eigenvalue weighted by Gasteiger charge is -2.19. The van der Waals surface area contributed by atoms with Gasteiger partial charge in [-0.15, -0.1) is 0 Å². The maximum atomic E-state index is 12.6. The molecule has 3 fully saturated rings. The third-order valence-electron chi connectivity index (χ3n) is 5.37. The minimum Gasteiger partial charge on any atom is -0.326 e. The monoisotopic (exact) mass is 370 g/mol. The van der Waals surface area contributed by atoms with Gasteiger partial charge in [-0.2, -0.15) is 0 Å². The zero-order valence-electron chi connectivity index (χ0n) is 14.9. The molecule has 4 rings (SSSR count). The van der Waals surface area contributed by atoms with Crippen molar-refractivity contribution in [3.8, 4) is 0 Å². The largest absolute Gasteiger partial charge is 0.326 e. The Balaban J connectivity index is 1.37. The van der Waals surface area contributed by atoms with E-state index in [9.17, 15) is 19.2 Å². The number of urea groups is 1. The van der Waals surface area contributed by atoms with Gasteiger partial charge in [-0.05, 0) is 43.9 Å². The fourth-order valence-electron chi connectivity index (χ4n) is 3.75. The number of carbonyl (C=O) groups excluding carboxylic acids is 4. The third-order valence-corrected chi connectivity index (χ3v) is 5.37. The van der Waals surface area contributed by atoms with Crippen LogP contribution in [-0.2, 0) is 14.4 Å². The number of benzene rings is 1. The van der Waals surface area contributed by atoms with Crippen LogP contribution in [0.3, 0.4) is 0 Å². The van der Waals surface area contributed by atoms with E-state index in [1.54, 1.807) is 24.3 Å². The van der Waals surface area contributed by atoms with Crippen molar-refractivity contribution in [3.05, 3.63) is 24.3 Å². The van der Waals surface area contributed by atoms with Gasteiger partial charge in [-0.1, -0.05) is 18.9 Å². The van der Waals surface area contributed by atoms with Crippen LogP contribution in [0.5, 0.6) is 0 Å². The first-order valence-electron chi connectivity index (χ1n) is 9.32. The Morgan fingerprint density at radius 2 is 1.78 bits per heavy atom. The summed E-state index contributed by atoms with van der Waals surface area (Å²) in [5.74, 6) is -0.699. The van der Waals surface area contributed by atoms with Crippen molar-refractivity contribution in [2.24, 2.45) is 5.92 Å². The topological polar surface area (TPSA) is 108 Å². The second-order valence-corrected chi connectivity index (χ2v) is 7.50. The zero-order valence-corrected chi connectivity index (χ0v) is 14.9. The predicted octanol–water partition coefficient (Wildman–Crippen LogP) is 1.84. The Bertz CT molecular complexity index is 812. The molecule has 1 saturated heterocycles. The molecule has 1 aliphatic heterocycles. The molecular weight excluding hydrogens is 348 g/mol. The molecule has 2 aliphatic carbocycles. The van der Waals surface area contributed by atoms with Gasteiger partial charge in [-0.25, -0.2) is 4.79 Å². The van der Waals surface area contributed by atoms with Crippen LogP contribution >= 0.6 is 0 Å². The van der Waals surface area contributed by atoms with Crippen LogP contribution in [0.2, 0.25) is 0 Å². The van der Waals surface area contributed by atoms with Gasteiger partial charge in [0.15, 0.2) is 0 Å². The number of anilines is 2. The quantitative estimate of drug-likeness (QED) is 0.687. The second-order valence-electron chi connectivity index (χ2n) is 7.50. The molecule has 8 heteroatoms. The van der Waals surface area contributed by atoms with Crippen LogP contribution in [-0.4, -0.2) is 40.7 Å². The van der Waals surface area contributed by atoms with E-state index in [-0.39, 0.29) is 24.3 Å². The van der Waals surface area contributed by atoms with Crippen molar-refractivity contribution >= 4 is 35.1 Å². The molecule has 0 atom stereocenters. The van der Waals surface area contributed by atoms with Gasteiger partial charge in [-0.3, -0.25) is 19.3 Å². The number of hydrogen-bond acceptors (Lipinski definition) is 4. The zero-order chi connectivity index (χ0) is 19.0. The Kier molecular flexibility index (Phi) is 4.33. The van der Waals surface area contributed by atoms with Gasteiger partial charge in [0.05, 0.1) is 0 Å². The highest BCUT2D eigenvalue weighted by molar-refractivity contribution is 6.10. The maximum absolute atomic E-state index is 12.6. The van der Waals surface area contributed by atoms with Crippen molar-refractivity contribution in [1.82, 2.24) is 10.2 Å². The summed E-state index contributed by atoms with van der Waals surface area (Å²) in [7, 11) is 0. The fraction of sp³-hybridized carbons (Fsp3) is 0.474. The van der Waals surface area contributed by atoms with Crippen molar-refractivity contribution in [2.45, 2.75) is 44.1 Å². The lowest BCUT2D eigenvalue weighted by molar-refractivity contribution is -0.133. The van der Waals surface area contributed by atoms with Crippen molar-refractivity contribution in [2.75, 3.05) is 17.2 Å². The van der Waals surface area contributed by atoms with Gasteiger partial charge in [0, 0.05) is 17.3 Å². The van der Waals surface area contributed by atoms with Crippen LogP contribution in [0.4, 0.5) is 16.2 Å². The van der Waals surface area contributed by atoms with Gasteiger partial charge >= 0.3 is 6.03 Å². The highest BCUT2D eigenvalue weighted by atomic mass is 16.2. The molecule has 2 saturated carbocycles. The van der Waals surface area contributed by atoms with Crippen LogP contribution in [0.15, 0.2) is 24.3 Å². The standard InChI is InChI=1S/C19H22N4O4/c24-15(11-23-17(26)19(22-18(23)27)8-1-2-9-19)20-13-4-3-5-14(10-13)21-16(25)12-6-7-12/h3-5,10,12H,1-2,6-9,11H2,(H,20,24)(H,21,25)(H,22,27). The highest BCUT2D eigenvalue weighted by Crippen LogP contribution is 2.35. The molecule has 142 valence electrons. The average molecular weight is 370 g/mol. The van der Waals surface area contributed by atoms with Crippen molar-refractivity contribution in [3.63, 3.8) is 0 Å². The number of nitrogens with zero attached hydrogens (tertiary/aromatic N) is 1. The molecule has 27 heavy (non-hydrogen) atoms. The van der Waals surface area contributed by atoms with Crippen LogP contribution in [0.1, 0.15) is 38.5 Å². The number of hydrogen-bond donors (Lipinski definition) is 3. The minimum absolute atomic E-state index is 0.0142. The number of amides is 5. The molecule has 1 aromatic carbocycles. The van der Waals surface area contributed by atoms with Gasteiger partial charge in [0.25, 0.3) is 5.91 Å². The Morgan fingerprint density at radius 1 is 1.11 bits per heavy atom. The summed E-state index contributed by atoms with van der Waals surface area (Å²) in [6.07, 6.45) is 4.86. The van der Waals surface area contributed by atoms with E-state index in [1.807, 2.05) is 0 Å². The van der Waals surface area contributed by atoms with E-state index in [4.69, 9.17) is 0 Å². The van der Waals surface area contributed by atoms with E-state index in [0.29, 0.717) is 24.2 Å². The summed E-state index contributed by atoms with van der Waals surface area (Å²) in [5, 5.41) is 8.26. The van der Waals surface area contributed by atoms with Crippen LogP contribution < -0.4 is 16.0 Å². The first-order valence-corrected chi connectivity index (χ1v) is 9.32.